The molecule has 1 atom stereocenters. The molecule has 5 nitrogen and oxygen atoms in total. The molecule has 2 heterocycles. The van der Waals surface area contributed by atoms with Crippen LogP contribution < -0.4 is 0 Å². The Kier molecular flexibility index (Phi) is 4.00. The van der Waals surface area contributed by atoms with Crippen LogP contribution in [0.1, 0.15) is 12.6 Å². The molecular formula is C15H21N3O2. The minimum atomic E-state index is -0.0664. The molecule has 0 spiro atoms. The summed E-state index contributed by atoms with van der Waals surface area (Å²) in [7, 11) is 0. The largest absolute Gasteiger partial charge is 0.394 e. The smallest absolute Gasteiger partial charge is 0.0933 e. The molecule has 1 saturated heterocycles. The second-order valence-corrected chi connectivity index (χ2v) is 5.19. The molecule has 0 bridgehead atoms. The minimum absolute atomic E-state index is 0.0664. The average Bonchev–Trinajstić information content (AvgIpc) is 2.86. The first-order valence-corrected chi connectivity index (χ1v) is 7.21. The number of nitrogens with zero attached hydrogens (tertiary/aromatic N) is 3. The van der Waals surface area contributed by atoms with Gasteiger partial charge in [-0.15, -0.1) is 0 Å². The number of benzene rings is 1. The number of fused-ring (bicyclic) bond motifs is 1. The molecule has 2 aromatic rings. The summed E-state index contributed by atoms with van der Waals surface area (Å²) >= 11 is 0. The van der Waals surface area contributed by atoms with Gasteiger partial charge in [0.05, 0.1) is 30.5 Å². The third-order valence-corrected chi connectivity index (χ3v) is 3.83. The van der Waals surface area contributed by atoms with Crippen molar-refractivity contribution in [2.45, 2.75) is 26.1 Å². The molecule has 1 aliphatic rings. The highest BCUT2D eigenvalue weighted by Gasteiger charge is 2.21. The zero-order valence-corrected chi connectivity index (χ0v) is 11.8. The Balaban J connectivity index is 1.83. The van der Waals surface area contributed by atoms with Crippen LogP contribution in [0.15, 0.2) is 24.3 Å². The lowest BCUT2D eigenvalue weighted by atomic mass is 10.2. The van der Waals surface area contributed by atoms with Crippen molar-refractivity contribution >= 4 is 10.9 Å². The molecule has 0 aliphatic carbocycles. The predicted molar refractivity (Wildman–Crippen MR) is 77.5 cm³/mol. The van der Waals surface area contributed by atoms with E-state index in [0.29, 0.717) is 6.61 Å². The molecular weight excluding hydrogens is 254 g/mol. The van der Waals surface area contributed by atoms with Crippen LogP contribution in [0.4, 0.5) is 0 Å². The second kappa shape index (κ2) is 5.91. The number of para-hydroxylation sites is 1. The molecule has 1 unspecified atom stereocenters. The normalized spacial score (nSPS) is 20.6. The Morgan fingerprint density at radius 1 is 1.40 bits per heavy atom. The zero-order valence-electron chi connectivity index (χ0n) is 11.8. The van der Waals surface area contributed by atoms with Gasteiger partial charge >= 0.3 is 0 Å². The molecule has 1 fully saturated rings. The number of ether oxygens (including phenoxy) is 1. The average molecular weight is 275 g/mol. The van der Waals surface area contributed by atoms with E-state index < -0.39 is 0 Å². The van der Waals surface area contributed by atoms with Crippen molar-refractivity contribution in [3.05, 3.63) is 30.0 Å². The molecule has 1 N–H and O–H groups in total. The van der Waals surface area contributed by atoms with Gasteiger partial charge in [0.2, 0.25) is 0 Å². The van der Waals surface area contributed by atoms with E-state index >= 15 is 0 Å². The lowest BCUT2D eigenvalue weighted by molar-refractivity contribution is -0.0553. The van der Waals surface area contributed by atoms with Crippen molar-refractivity contribution in [3.63, 3.8) is 0 Å². The van der Waals surface area contributed by atoms with Crippen molar-refractivity contribution in [3.8, 4) is 0 Å². The first kappa shape index (κ1) is 13.5. The van der Waals surface area contributed by atoms with E-state index in [1.54, 1.807) is 0 Å². The number of aryl methyl sites for hydroxylation is 1. The summed E-state index contributed by atoms with van der Waals surface area (Å²) in [5.41, 5.74) is 2.30. The number of hydrogen-bond donors (Lipinski definition) is 1. The van der Waals surface area contributed by atoms with E-state index in [1.165, 1.54) is 10.9 Å². The monoisotopic (exact) mass is 275 g/mol. The van der Waals surface area contributed by atoms with Gasteiger partial charge in [-0.3, -0.25) is 9.58 Å². The van der Waals surface area contributed by atoms with Gasteiger partial charge in [-0.25, -0.2) is 0 Å². The van der Waals surface area contributed by atoms with E-state index in [9.17, 15) is 5.11 Å². The summed E-state index contributed by atoms with van der Waals surface area (Å²) < 4.78 is 7.54. The van der Waals surface area contributed by atoms with Gasteiger partial charge in [0, 0.05) is 31.6 Å². The van der Waals surface area contributed by atoms with Crippen LogP contribution in [0.3, 0.4) is 0 Å². The zero-order chi connectivity index (χ0) is 13.9. The molecule has 108 valence electrons. The van der Waals surface area contributed by atoms with Crippen molar-refractivity contribution in [2.75, 3.05) is 26.3 Å². The Morgan fingerprint density at radius 2 is 2.25 bits per heavy atom. The van der Waals surface area contributed by atoms with Gasteiger partial charge in [0.15, 0.2) is 0 Å². The summed E-state index contributed by atoms with van der Waals surface area (Å²) in [5.74, 6) is 0. The Hall–Kier alpha value is -1.43. The number of aliphatic hydroxyl groups excluding tert-OH is 1. The van der Waals surface area contributed by atoms with Crippen LogP contribution in [0.5, 0.6) is 0 Å². The molecule has 5 heteroatoms. The Morgan fingerprint density at radius 3 is 3.05 bits per heavy atom. The quantitative estimate of drug-likeness (QED) is 0.912. The molecule has 1 aromatic heterocycles. The van der Waals surface area contributed by atoms with Gasteiger partial charge in [0.25, 0.3) is 0 Å². The van der Waals surface area contributed by atoms with Gasteiger partial charge in [0.1, 0.15) is 0 Å². The van der Waals surface area contributed by atoms with Gasteiger partial charge < -0.3 is 9.84 Å². The van der Waals surface area contributed by atoms with Crippen LogP contribution in [0.2, 0.25) is 0 Å². The highest BCUT2D eigenvalue weighted by atomic mass is 16.5. The number of hydrogen-bond acceptors (Lipinski definition) is 4. The van der Waals surface area contributed by atoms with Gasteiger partial charge in [-0.05, 0) is 13.0 Å². The van der Waals surface area contributed by atoms with Crippen molar-refractivity contribution in [1.82, 2.24) is 14.7 Å². The second-order valence-electron chi connectivity index (χ2n) is 5.19. The SMILES string of the molecule is CCn1nc(CN2CCOC(CO)C2)c2ccccc21. The van der Waals surface area contributed by atoms with Crippen molar-refractivity contribution in [2.24, 2.45) is 0 Å². The standard InChI is InChI=1S/C15H21N3O2/c1-2-18-15-6-4-3-5-13(15)14(16-18)10-17-7-8-20-12(9-17)11-19/h3-6,12,19H,2,7-11H2,1H3. The number of rotatable bonds is 4. The summed E-state index contributed by atoms with van der Waals surface area (Å²) in [6, 6.07) is 8.36. The third-order valence-electron chi connectivity index (χ3n) is 3.83. The molecule has 1 aliphatic heterocycles. The molecule has 0 radical (unpaired) electrons. The first-order chi connectivity index (χ1) is 9.81. The third kappa shape index (κ3) is 2.57. The lowest BCUT2D eigenvalue weighted by Crippen LogP contribution is -2.43. The number of aromatic nitrogens is 2. The summed E-state index contributed by atoms with van der Waals surface area (Å²) in [5, 5.41) is 15.2. The van der Waals surface area contributed by atoms with Crippen LogP contribution in [0, 0.1) is 0 Å². The highest BCUT2D eigenvalue weighted by Crippen LogP contribution is 2.20. The van der Waals surface area contributed by atoms with E-state index in [2.05, 4.69) is 40.8 Å². The molecule has 3 rings (SSSR count). The predicted octanol–water partition coefficient (Wildman–Crippen LogP) is 1.25. The first-order valence-electron chi connectivity index (χ1n) is 7.21. The Labute approximate surface area is 118 Å². The Bertz CT molecular complexity index is 582. The van der Waals surface area contributed by atoms with Crippen LogP contribution in [-0.4, -0.2) is 52.2 Å². The summed E-state index contributed by atoms with van der Waals surface area (Å²) in [6.45, 7) is 6.22. The molecule has 20 heavy (non-hydrogen) atoms. The van der Waals surface area contributed by atoms with E-state index in [-0.39, 0.29) is 12.7 Å². The van der Waals surface area contributed by atoms with Gasteiger partial charge in [-0.2, -0.15) is 5.10 Å². The van der Waals surface area contributed by atoms with Crippen molar-refractivity contribution in [1.29, 1.82) is 0 Å². The van der Waals surface area contributed by atoms with Crippen LogP contribution >= 0.6 is 0 Å². The number of aliphatic hydroxyl groups is 1. The van der Waals surface area contributed by atoms with Crippen LogP contribution in [-0.2, 0) is 17.8 Å². The minimum Gasteiger partial charge on any atom is -0.394 e. The van der Waals surface area contributed by atoms with Gasteiger partial charge in [-0.1, -0.05) is 18.2 Å². The summed E-state index contributed by atoms with van der Waals surface area (Å²) in [4.78, 5) is 2.30. The fourth-order valence-electron chi connectivity index (χ4n) is 2.80. The van der Waals surface area contributed by atoms with Crippen LogP contribution in [0.25, 0.3) is 10.9 Å². The maximum Gasteiger partial charge on any atom is 0.0933 e. The fraction of sp³-hybridized carbons (Fsp3) is 0.533. The molecule has 0 amide bonds. The molecule has 0 saturated carbocycles. The number of morpholine rings is 1. The van der Waals surface area contributed by atoms with E-state index in [4.69, 9.17) is 9.84 Å². The fourth-order valence-corrected chi connectivity index (χ4v) is 2.80. The maximum absolute atomic E-state index is 9.22. The summed E-state index contributed by atoms with van der Waals surface area (Å²) in [6.07, 6.45) is -0.0664. The van der Waals surface area contributed by atoms with E-state index in [1.807, 2.05) is 0 Å². The van der Waals surface area contributed by atoms with E-state index in [0.717, 1.165) is 31.9 Å². The highest BCUT2D eigenvalue weighted by molar-refractivity contribution is 5.81. The molecule has 1 aromatic carbocycles. The lowest BCUT2D eigenvalue weighted by Gasteiger charge is -2.31. The maximum atomic E-state index is 9.22. The topological polar surface area (TPSA) is 50.5 Å². The van der Waals surface area contributed by atoms with Crippen molar-refractivity contribution < 1.29 is 9.84 Å².